The van der Waals surface area contributed by atoms with E-state index >= 15 is 0 Å². The third kappa shape index (κ3) is 7.52. The van der Waals surface area contributed by atoms with Gasteiger partial charge in [0.15, 0.2) is 0 Å². The van der Waals surface area contributed by atoms with E-state index in [9.17, 15) is 38.4 Å². The topological polar surface area (TPSA) is 150 Å². The van der Waals surface area contributed by atoms with Crippen molar-refractivity contribution >= 4 is 112 Å². The summed E-state index contributed by atoms with van der Waals surface area (Å²) in [5.74, 6) is -3.83. The number of benzene rings is 8. The molecule has 0 radical (unpaired) electrons. The van der Waals surface area contributed by atoms with E-state index in [1.54, 1.807) is 47.4 Å². The minimum atomic E-state index is -0.677. The summed E-state index contributed by atoms with van der Waals surface area (Å²) in [4.78, 5) is 121. The van der Waals surface area contributed by atoms with E-state index in [2.05, 4.69) is 27.7 Å². The molecule has 12 rings (SSSR count). The summed E-state index contributed by atoms with van der Waals surface area (Å²) < 4.78 is 0. The van der Waals surface area contributed by atoms with Crippen molar-refractivity contribution in [1.82, 2.24) is 9.80 Å². The standard InChI is InChI=1S/C65H60N4O8/c1-5-9-12-14-18-37(19-15-13-10-6-2)67-60(72)46-26-22-40-42-24-28-48-56-49(29-25-43(53(42)56)41-23-27-47(61(67)73)55(46)52(40)41)63(75)68(62(48)74)38-20-16-21-39(34-38)69-64(76)50-32-30-44-54-45(31-33-51(57(50)54)65(69)77)59(71)66(58(44)70)35-36(8-4)17-11-7-3/h16,20-34,36-37H,5-15,17-19,35H2,1-4H3. The fraction of sp³-hybridized carbons (Fsp3) is 0.323. The molecule has 0 fully saturated rings. The molecule has 0 aliphatic carbocycles. The first-order valence-electron chi connectivity index (χ1n) is 27.8. The number of unbranched alkanes of at least 4 members (excludes halogenated alkanes) is 7. The smallest absolute Gasteiger partial charge is 0.265 e. The number of carbonyl (C=O) groups excluding carboxylic acids is 8. The van der Waals surface area contributed by atoms with Crippen LogP contribution in [0.15, 0.2) is 97.1 Å². The molecule has 0 spiro atoms. The highest BCUT2D eigenvalue weighted by molar-refractivity contribution is 6.44. The Bertz CT molecular complexity index is 3710. The molecule has 4 heterocycles. The van der Waals surface area contributed by atoms with Crippen molar-refractivity contribution in [2.24, 2.45) is 5.92 Å². The minimum Gasteiger partial charge on any atom is -0.274 e. The van der Waals surface area contributed by atoms with E-state index in [0.29, 0.717) is 21.9 Å². The zero-order chi connectivity index (χ0) is 53.6. The Morgan fingerprint density at radius 1 is 0.351 bits per heavy atom. The zero-order valence-electron chi connectivity index (χ0n) is 44.1. The Morgan fingerprint density at radius 2 is 0.701 bits per heavy atom. The first kappa shape index (κ1) is 49.7. The highest BCUT2D eigenvalue weighted by Gasteiger charge is 2.43. The van der Waals surface area contributed by atoms with Crippen LogP contribution < -0.4 is 9.80 Å². The number of nitrogens with zero attached hydrogens (tertiary/aromatic N) is 4. The summed E-state index contributed by atoms with van der Waals surface area (Å²) in [5, 5.41) is 6.34. The highest BCUT2D eigenvalue weighted by atomic mass is 16.2. The van der Waals surface area contributed by atoms with Gasteiger partial charge in [-0.3, -0.25) is 48.2 Å². The predicted molar refractivity (Wildman–Crippen MR) is 301 cm³/mol. The molecule has 0 bridgehead atoms. The van der Waals surface area contributed by atoms with E-state index in [4.69, 9.17) is 0 Å². The number of carbonyl (C=O) groups is 8. The summed E-state index contributed by atoms with van der Waals surface area (Å²) in [6.07, 6.45) is 13.7. The first-order chi connectivity index (χ1) is 37.4. The van der Waals surface area contributed by atoms with Gasteiger partial charge in [-0.05, 0) is 124 Å². The number of rotatable bonds is 19. The van der Waals surface area contributed by atoms with Crippen LogP contribution in [0.1, 0.15) is 200 Å². The zero-order valence-corrected chi connectivity index (χ0v) is 44.1. The van der Waals surface area contributed by atoms with Gasteiger partial charge in [-0.2, -0.15) is 0 Å². The van der Waals surface area contributed by atoms with E-state index in [1.165, 1.54) is 23.1 Å². The lowest BCUT2D eigenvalue weighted by Gasteiger charge is -2.35. The molecule has 4 aliphatic heterocycles. The number of hydrogen-bond acceptors (Lipinski definition) is 8. The fourth-order valence-electron chi connectivity index (χ4n) is 13.1. The molecule has 8 amide bonds. The minimum absolute atomic E-state index is 0.121. The van der Waals surface area contributed by atoms with Crippen LogP contribution in [0.5, 0.6) is 0 Å². The number of anilines is 2. The molecule has 8 aromatic rings. The van der Waals surface area contributed by atoms with Gasteiger partial charge >= 0.3 is 0 Å². The predicted octanol–water partition coefficient (Wildman–Crippen LogP) is 14.2. The van der Waals surface area contributed by atoms with Gasteiger partial charge in [0.1, 0.15) is 0 Å². The van der Waals surface area contributed by atoms with E-state index in [0.717, 1.165) is 132 Å². The van der Waals surface area contributed by atoms with Gasteiger partial charge in [-0.15, -0.1) is 0 Å². The third-order valence-corrected chi connectivity index (χ3v) is 17.1. The van der Waals surface area contributed by atoms with E-state index < -0.39 is 35.4 Å². The summed E-state index contributed by atoms with van der Waals surface area (Å²) in [6, 6.07) is 26.9. The van der Waals surface area contributed by atoms with Gasteiger partial charge in [-0.25, -0.2) is 9.80 Å². The molecule has 4 aliphatic rings. The number of amides is 8. The molecule has 1 atom stereocenters. The van der Waals surface area contributed by atoms with Crippen molar-refractivity contribution in [3.05, 3.63) is 142 Å². The Balaban J connectivity index is 0.875. The van der Waals surface area contributed by atoms with Crippen molar-refractivity contribution in [3.63, 3.8) is 0 Å². The second-order valence-corrected chi connectivity index (χ2v) is 21.6. The molecule has 388 valence electrons. The van der Waals surface area contributed by atoms with Gasteiger partial charge < -0.3 is 0 Å². The lowest BCUT2D eigenvalue weighted by Crippen LogP contribution is -2.47. The fourth-order valence-corrected chi connectivity index (χ4v) is 13.1. The van der Waals surface area contributed by atoms with Crippen LogP contribution >= 0.6 is 0 Å². The lowest BCUT2D eigenvalue weighted by molar-refractivity contribution is 0.0513. The van der Waals surface area contributed by atoms with Crippen LogP contribution in [-0.4, -0.2) is 69.6 Å². The molecule has 0 saturated carbocycles. The molecule has 8 aromatic carbocycles. The van der Waals surface area contributed by atoms with E-state index in [1.807, 2.05) is 36.4 Å². The molecule has 12 nitrogen and oxygen atoms in total. The van der Waals surface area contributed by atoms with Gasteiger partial charge in [-0.1, -0.05) is 129 Å². The second-order valence-electron chi connectivity index (χ2n) is 21.6. The van der Waals surface area contributed by atoms with Crippen molar-refractivity contribution in [2.45, 2.75) is 124 Å². The number of hydrogen-bond donors (Lipinski definition) is 0. The van der Waals surface area contributed by atoms with Crippen molar-refractivity contribution in [3.8, 4) is 0 Å². The average Bonchev–Trinajstić information content (AvgIpc) is 3.51. The van der Waals surface area contributed by atoms with Crippen LogP contribution in [0.25, 0.3) is 53.9 Å². The van der Waals surface area contributed by atoms with Crippen LogP contribution in [0, 0.1) is 5.92 Å². The van der Waals surface area contributed by atoms with Gasteiger partial charge in [0.2, 0.25) is 0 Å². The Labute approximate surface area is 446 Å². The molecule has 0 aromatic heterocycles. The maximum Gasteiger partial charge on any atom is 0.265 e. The van der Waals surface area contributed by atoms with Gasteiger partial charge in [0.25, 0.3) is 47.3 Å². The third-order valence-electron chi connectivity index (χ3n) is 17.1. The summed E-state index contributed by atoms with van der Waals surface area (Å²) >= 11 is 0. The lowest BCUT2D eigenvalue weighted by atomic mass is 9.82. The molecule has 1 unspecified atom stereocenters. The first-order valence-corrected chi connectivity index (χ1v) is 27.8. The molecule has 0 saturated heterocycles. The maximum absolute atomic E-state index is 14.9. The second kappa shape index (κ2) is 19.5. The maximum atomic E-state index is 14.9. The summed E-state index contributed by atoms with van der Waals surface area (Å²) in [7, 11) is 0. The monoisotopic (exact) mass is 1020 g/mol. The molecular weight excluding hydrogens is 965 g/mol. The van der Waals surface area contributed by atoms with Crippen LogP contribution in [0.4, 0.5) is 11.4 Å². The van der Waals surface area contributed by atoms with Crippen molar-refractivity contribution in [2.75, 3.05) is 16.3 Å². The Morgan fingerprint density at radius 3 is 1.08 bits per heavy atom. The Kier molecular flexibility index (Phi) is 12.6. The highest BCUT2D eigenvalue weighted by Crippen LogP contribution is 2.48. The van der Waals surface area contributed by atoms with E-state index in [-0.39, 0.29) is 85.8 Å². The summed E-state index contributed by atoms with van der Waals surface area (Å²) in [6.45, 7) is 8.79. The van der Waals surface area contributed by atoms with Crippen molar-refractivity contribution in [1.29, 1.82) is 0 Å². The average molecular weight is 1030 g/mol. The van der Waals surface area contributed by atoms with Gasteiger partial charge in [0.05, 0.1) is 11.4 Å². The van der Waals surface area contributed by atoms with Gasteiger partial charge in [0, 0.05) is 78.6 Å². The molecule has 0 N–H and O–H groups in total. The molecule has 77 heavy (non-hydrogen) atoms. The quantitative estimate of drug-likeness (QED) is 0.0336. The largest absolute Gasteiger partial charge is 0.274 e. The summed E-state index contributed by atoms with van der Waals surface area (Å²) in [5.41, 5.74) is 2.65. The normalized spacial score (nSPS) is 15.7. The van der Waals surface area contributed by atoms with Crippen LogP contribution in [0.3, 0.4) is 0 Å². The van der Waals surface area contributed by atoms with Crippen LogP contribution in [-0.2, 0) is 0 Å². The molecule has 12 heteroatoms. The molecular formula is C65H60N4O8. The Hall–Kier alpha value is -8.12. The SMILES string of the molecule is CCCCCCC(CCCCCC)N1C(=O)c2ccc3c4ccc5c6c(ccc(c7ccc(c2c37)C1=O)c64)C(=O)N(c1cccc(N2C(=O)c3ccc4c6c(ccc(c36)C2=O)C(=O)N(CC(CC)CCCC)C4=O)c1)C5=O. The number of imide groups is 4. The van der Waals surface area contributed by atoms with Crippen molar-refractivity contribution < 1.29 is 38.4 Å². The van der Waals surface area contributed by atoms with Crippen LogP contribution in [0.2, 0.25) is 0 Å². The number of fused-ring (bicyclic) bond motifs is 2.